The Hall–Kier alpha value is -2.81. The lowest BCUT2D eigenvalue weighted by atomic mass is 9.70. The number of hydrogen-bond donors (Lipinski definition) is 1. The monoisotopic (exact) mass is 516 g/mol. The number of pyridine rings is 1. The van der Waals surface area contributed by atoms with E-state index in [1.807, 2.05) is 27.7 Å². The van der Waals surface area contributed by atoms with Crippen LogP contribution in [0.25, 0.3) is 11.1 Å². The molecule has 2 fully saturated rings. The number of Topliss-reactive ketones (excluding diaryl/α,β-unsaturated/α-hetero) is 1. The summed E-state index contributed by atoms with van der Waals surface area (Å²) in [5, 5.41) is 0. The van der Waals surface area contributed by atoms with Gasteiger partial charge >= 0.3 is 0 Å². The van der Waals surface area contributed by atoms with Crippen molar-refractivity contribution in [1.29, 1.82) is 0 Å². The first-order chi connectivity index (χ1) is 16.8. The lowest BCUT2D eigenvalue weighted by Gasteiger charge is -2.36. The number of carbonyl (C=O) groups excluding carboxylic acids is 2. The molecule has 0 radical (unpaired) electrons. The van der Waals surface area contributed by atoms with Gasteiger partial charge in [0.25, 0.3) is 0 Å². The third-order valence-electron chi connectivity index (χ3n) is 8.31. The number of halogens is 1. The van der Waals surface area contributed by atoms with Gasteiger partial charge in [0, 0.05) is 18.7 Å². The smallest absolute Gasteiger partial charge is 0.237 e. The van der Waals surface area contributed by atoms with Crippen molar-refractivity contribution in [2.75, 3.05) is 12.9 Å². The van der Waals surface area contributed by atoms with Crippen molar-refractivity contribution in [3.05, 3.63) is 47.4 Å². The number of fused-ring (bicyclic) bond motifs is 2. The molecule has 2 atom stereocenters. The van der Waals surface area contributed by atoms with E-state index in [1.54, 1.807) is 12.1 Å². The Kier molecular flexibility index (Phi) is 6.75. The summed E-state index contributed by atoms with van der Waals surface area (Å²) in [6, 6.07) is 6.03. The van der Waals surface area contributed by atoms with Crippen molar-refractivity contribution >= 4 is 21.7 Å². The van der Waals surface area contributed by atoms with Crippen molar-refractivity contribution in [2.24, 2.45) is 16.7 Å². The van der Waals surface area contributed by atoms with Crippen LogP contribution < -0.4 is 9.46 Å². The minimum absolute atomic E-state index is 0.0314. The molecule has 2 aliphatic rings. The van der Waals surface area contributed by atoms with E-state index >= 15 is 0 Å². The zero-order valence-electron chi connectivity index (χ0n) is 21.4. The third kappa shape index (κ3) is 4.53. The quantitative estimate of drug-likeness (QED) is 0.558. The summed E-state index contributed by atoms with van der Waals surface area (Å²) >= 11 is 0. The summed E-state index contributed by atoms with van der Waals surface area (Å²) in [6.07, 6.45) is 2.98. The topological polar surface area (TPSA) is 102 Å². The minimum Gasteiger partial charge on any atom is -0.481 e. The molecule has 4 rings (SSSR count). The fraction of sp³-hybridized carbons (Fsp3) is 0.519. The first-order valence-electron chi connectivity index (χ1n) is 12.2. The number of sulfonamides is 1. The molecule has 1 amide bonds. The van der Waals surface area contributed by atoms with Gasteiger partial charge in [0.2, 0.25) is 21.8 Å². The summed E-state index contributed by atoms with van der Waals surface area (Å²) < 4.78 is 48.3. The molecule has 1 heterocycles. The summed E-state index contributed by atoms with van der Waals surface area (Å²) in [6.45, 7) is 7.67. The minimum atomic E-state index is -4.09. The van der Waals surface area contributed by atoms with Crippen LogP contribution in [0, 0.1) is 22.6 Å². The zero-order valence-corrected chi connectivity index (χ0v) is 22.2. The van der Waals surface area contributed by atoms with Crippen LogP contribution in [0.15, 0.2) is 30.5 Å². The van der Waals surface area contributed by atoms with E-state index in [-0.39, 0.29) is 24.0 Å². The van der Waals surface area contributed by atoms with Crippen LogP contribution in [0.4, 0.5) is 4.39 Å². The van der Waals surface area contributed by atoms with Gasteiger partial charge in [-0.15, -0.1) is 0 Å². The number of ketones is 1. The standard InChI is InChI=1S/C27H33FN2O5S/c1-16(2)20-12-19(28)13-21(17-7-9-29-25(10-17)35-5)22(20)14-24(32)30-36(33,34)15-27-8-6-18(11-23(27)31)26(27,3)4/h7,9-10,12-13,16,18H,6,8,11,14-15H2,1-5H3,(H,30,32)/t18?,27-/m1/s1. The van der Waals surface area contributed by atoms with E-state index in [0.717, 1.165) is 6.42 Å². The maximum atomic E-state index is 14.6. The number of methoxy groups -OCH3 is 1. The average Bonchev–Trinajstić information content (AvgIpc) is 3.13. The SMILES string of the molecule is COc1cc(-c2cc(F)cc(C(C)C)c2CC(=O)NS(=O)(=O)C[C@]23CCC(CC2=O)C3(C)C)ccn1. The van der Waals surface area contributed by atoms with E-state index in [4.69, 9.17) is 4.74 Å². The van der Waals surface area contributed by atoms with Crippen molar-refractivity contribution in [3.63, 3.8) is 0 Å². The van der Waals surface area contributed by atoms with Crippen LogP contribution >= 0.6 is 0 Å². The molecule has 2 aliphatic carbocycles. The second-order valence-corrected chi connectivity index (χ2v) is 12.6. The highest BCUT2D eigenvalue weighted by Gasteiger charge is 2.65. The summed E-state index contributed by atoms with van der Waals surface area (Å²) in [5.74, 6) is -1.23. The molecule has 1 unspecified atom stereocenters. The molecule has 1 aromatic heterocycles. The summed E-state index contributed by atoms with van der Waals surface area (Å²) in [5.41, 5.74) is 0.805. The van der Waals surface area contributed by atoms with Gasteiger partial charge in [-0.3, -0.25) is 14.3 Å². The lowest BCUT2D eigenvalue weighted by molar-refractivity contribution is -0.128. The number of benzene rings is 1. The molecule has 1 aromatic carbocycles. The molecule has 1 N–H and O–H groups in total. The highest BCUT2D eigenvalue weighted by atomic mass is 32.2. The Labute approximate surface area is 211 Å². The van der Waals surface area contributed by atoms with E-state index in [0.29, 0.717) is 41.0 Å². The Morgan fingerprint density at radius 1 is 1.28 bits per heavy atom. The lowest BCUT2D eigenvalue weighted by Crippen LogP contribution is -2.46. The van der Waals surface area contributed by atoms with Gasteiger partial charge in [0.1, 0.15) is 11.6 Å². The van der Waals surface area contributed by atoms with Gasteiger partial charge in [-0.25, -0.2) is 17.8 Å². The molecule has 36 heavy (non-hydrogen) atoms. The van der Waals surface area contributed by atoms with Crippen LogP contribution in [0.3, 0.4) is 0 Å². The Morgan fingerprint density at radius 2 is 2.00 bits per heavy atom. The van der Waals surface area contributed by atoms with E-state index < -0.39 is 38.3 Å². The number of nitrogens with zero attached hydrogens (tertiary/aromatic N) is 1. The molecule has 2 aromatic rings. The van der Waals surface area contributed by atoms with Gasteiger partial charge in [-0.05, 0) is 70.5 Å². The molecule has 9 heteroatoms. The van der Waals surface area contributed by atoms with Crippen molar-refractivity contribution in [2.45, 2.75) is 59.3 Å². The van der Waals surface area contributed by atoms with Crippen molar-refractivity contribution in [3.8, 4) is 17.0 Å². The number of hydrogen-bond acceptors (Lipinski definition) is 6. The Morgan fingerprint density at radius 3 is 2.58 bits per heavy atom. The van der Waals surface area contributed by atoms with Gasteiger partial charge in [-0.2, -0.15) is 0 Å². The number of rotatable bonds is 8. The summed E-state index contributed by atoms with van der Waals surface area (Å²) in [4.78, 5) is 30.0. The summed E-state index contributed by atoms with van der Waals surface area (Å²) in [7, 11) is -2.61. The van der Waals surface area contributed by atoms with Gasteiger partial charge in [0.05, 0.1) is 24.7 Å². The molecule has 7 nitrogen and oxygen atoms in total. The molecule has 0 aliphatic heterocycles. The molecule has 0 saturated heterocycles. The highest BCUT2D eigenvalue weighted by molar-refractivity contribution is 7.90. The van der Waals surface area contributed by atoms with Crippen LogP contribution in [0.5, 0.6) is 5.88 Å². The zero-order chi connectivity index (χ0) is 26.5. The fourth-order valence-electron chi connectivity index (χ4n) is 6.16. The average molecular weight is 517 g/mol. The van der Waals surface area contributed by atoms with Crippen molar-refractivity contribution in [1.82, 2.24) is 9.71 Å². The van der Waals surface area contributed by atoms with Gasteiger partial charge < -0.3 is 4.74 Å². The van der Waals surface area contributed by atoms with Crippen LogP contribution in [0.1, 0.15) is 64.0 Å². The Balaban J connectivity index is 1.64. The predicted octanol–water partition coefficient (Wildman–Crippen LogP) is 4.40. The normalized spacial score (nSPS) is 22.8. The van der Waals surface area contributed by atoms with E-state index in [2.05, 4.69) is 9.71 Å². The fourth-order valence-corrected chi connectivity index (χ4v) is 7.97. The van der Waals surface area contributed by atoms with Gasteiger partial charge in [0.15, 0.2) is 0 Å². The van der Waals surface area contributed by atoms with Crippen LogP contribution in [-0.4, -0.2) is 38.0 Å². The van der Waals surface area contributed by atoms with E-state index in [9.17, 15) is 22.4 Å². The Bertz CT molecular complexity index is 1320. The number of amides is 1. The number of carbonyl (C=O) groups is 2. The third-order valence-corrected chi connectivity index (χ3v) is 9.72. The maximum absolute atomic E-state index is 14.6. The number of aromatic nitrogens is 1. The second kappa shape index (κ2) is 9.25. The second-order valence-electron chi connectivity index (χ2n) is 10.9. The molecule has 194 valence electrons. The molecular formula is C27H33FN2O5S. The largest absolute Gasteiger partial charge is 0.481 e. The van der Waals surface area contributed by atoms with Gasteiger partial charge in [-0.1, -0.05) is 27.7 Å². The van der Waals surface area contributed by atoms with Crippen LogP contribution in [-0.2, 0) is 26.0 Å². The predicted molar refractivity (Wildman–Crippen MR) is 134 cm³/mol. The molecular weight excluding hydrogens is 483 g/mol. The number of nitrogens with one attached hydrogen (secondary N) is 1. The highest BCUT2D eigenvalue weighted by Crippen LogP contribution is 2.64. The first kappa shape index (κ1) is 26.3. The van der Waals surface area contributed by atoms with Crippen molar-refractivity contribution < 1.29 is 27.1 Å². The molecule has 0 spiro atoms. The first-order valence-corrected chi connectivity index (χ1v) is 13.8. The van der Waals surface area contributed by atoms with E-state index in [1.165, 1.54) is 25.4 Å². The molecule has 2 saturated carbocycles. The molecule has 2 bridgehead atoms. The number of ether oxygens (including phenoxy) is 1. The van der Waals surface area contributed by atoms with Crippen LogP contribution in [0.2, 0.25) is 0 Å². The maximum Gasteiger partial charge on any atom is 0.237 e.